The average molecular weight is 369 g/mol. The lowest BCUT2D eigenvalue weighted by Gasteiger charge is -2.59. The number of fused-ring (bicyclic) bond motifs is 9. The van der Waals surface area contributed by atoms with Gasteiger partial charge in [-0.25, -0.2) is 0 Å². The van der Waals surface area contributed by atoms with Crippen LogP contribution >= 0.6 is 0 Å². The molecule has 0 aromatic rings. The summed E-state index contributed by atoms with van der Waals surface area (Å²) in [6.07, 6.45) is 14.6. The molecule has 0 radical (unpaired) electrons. The van der Waals surface area contributed by atoms with Crippen molar-refractivity contribution in [2.45, 2.75) is 57.5 Å². The number of hydrogen-bond donors (Lipinski definition) is 1. The Labute approximate surface area is 162 Å². The fourth-order valence-corrected chi connectivity index (χ4v) is 9.00. The van der Waals surface area contributed by atoms with Gasteiger partial charge in [-0.3, -0.25) is 4.79 Å². The molecule has 27 heavy (non-hydrogen) atoms. The molecule has 3 nitrogen and oxygen atoms in total. The van der Waals surface area contributed by atoms with E-state index < -0.39 is 0 Å². The van der Waals surface area contributed by atoms with Crippen molar-refractivity contribution < 1.29 is 14.6 Å². The van der Waals surface area contributed by atoms with Gasteiger partial charge >= 0.3 is 0 Å². The lowest BCUT2D eigenvalue weighted by atomic mass is 9.46. The summed E-state index contributed by atoms with van der Waals surface area (Å²) in [5.74, 6) is 4.78. The molecule has 4 saturated carbocycles. The van der Waals surface area contributed by atoms with E-state index in [1.807, 2.05) is 6.08 Å². The van der Waals surface area contributed by atoms with Crippen LogP contribution in [0.1, 0.15) is 51.9 Å². The SMILES string of the molecule is CC[C@]12CCC3C(CC(CO)C4=CC(=O)CC[C@@H]43)C1C1CC1[C@@]21C=CCO1. The van der Waals surface area contributed by atoms with Gasteiger partial charge in [-0.1, -0.05) is 24.6 Å². The van der Waals surface area contributed by atoms with Crippen molar-refractivity contribution in [2.75, 3.05) is 13.2 Å². The molecule has 6 unspecified atom stereocenters. The van der Waals surface area contributed by atoms with Crippen LogP contribution in [-0.4, -0.2) is 29.7 Å². The van der Waals surface area contributed by atoms with Crippen LogP contribution in [0.3, 0.4) is 0 Å². The van der Waals surface area contributed by atoms with Crippen molar-refractivity contribution in [1.29, 1.82) is 0 Å². The van der Waals surface area contributed by atoms with Crippen molar-refractivity contribution in [3.63, 3.8) is 0 Å². The maximum Gasteiger partial charge on any atom is 0.155 e. The Bertz CT molecular complexity index is 738. The van der Waals surface area contributed by atoms with E-state index in [1.165, 1.54) is 31.3 Å². The van der Waals surface area contributed by atoms with Crippen LogP contribution in [0.15, 0.2) is 23.8 Å². The predicted octanol–water partition coefficient (Wildman–Crippen LogP) is 3.92. The highest BCUT2D eigenvalue weighted by Crippen LogP contribution is 2.78. The Morgan fingerprint density at radius 1 is 1.22 bits per heavy atom. The molecule has 6 rings (SSSR count). The van der Waals surface area contributed by atoms with Gasteiger partial charge in [0, 0.05) is 24.4 Å². The summed E-state index contributed by atoms with van der Waals surface area (Å²) in [5, 5.41) is 10.2. The summed E-state index contributed by atoms with van der Waals surface area (Å²) < 4.78 is 6.56. The zero-order valence-electron chi connectivity index (χ0n) is 16.4. The number of rotatable bonds is 2. The van der Waals surface area contributed by atoms with Gasteiger partial charge in [-0.2, -0.15) is 0 Å². The average Bonchev–Trinajstić information content (AvgIpc) is 3.25. The monoisotopic (exact) mass is 368 g/mol. The molecule has 0 bridgehead atoms. The summed E-state index contributed by atoms with van der Waals surface area (Å²) in [4.78, 5) is 12.1. The summed E-state index contributed by atoms with van der Waals surface area (Å²) in [7, 11) is 0. The fraction of sp³-hybridized carbons (Fsp3) is 0.792. The van der Waals surface area contributed by atoms with Gasteiger partial charge in [0.1, 0.15) is 0 Å². The summed E-state index contributed by atoms with van der Waals surface area (Å²) in [5.41, 5.74) is 1.62. The van der Waals surface area contributed by atoms with Gasteiger partial charge < -0.3 is 9.84 Å². The number of aliphatic hydroxyl groups is 1. The fourth-order valence-electron chi connectivity index (χ4n) is 9.00. The van der Waals surface area contributed by atoms with Crippen molar-refractivity contribution in [3.05, 3.63) is 23.8 Å². The van der Waals surface area contributed by atoms with Crippen LogP contribution in [0.4, 0.5) is 0 Å². The van der Waals surface area contributed by atoms with Crippen molar-refractivity contribution in [3.8, 4) is 0 Å². The molecule has 1 N–H and O–H groups in total. The van der Waals surface area contributed by atoms with E-state index in [0.717, 1.165) is 43.1 Å². The molecular weight excluding hydrogens is 336 g/mol. The molecule has 9 atom stereocenters. The lowest BCUT2D eigenvalue weighted by molar-refractivity contribution is -0.146. The first-order chi connectivity index (χ1) is 13.1. The van der Waals surface area contributed by atoms with Crippen LogP contribution in [-0.2, 0) is 9.53 Å². The Hall–Kier alpha value is -0.930. The third kappa shape index (κ3) is 1.93. The van der Waals surface area contributed by atoms with Gasteiger partial charge in [0.2, 0.25) is 0 Å². The van der Waals surface area contributed by atoms with Crippen LogP contribution in [0, 0.1) is 46.8 Å². The molecule has 0 aromatic carbocycles. The topological polar surface area (TPSA) is 46.5 Å². The normalized spacial score (nSPS) is 55.0. The van der Waals surface area contributed by atoms with Crippen molar-refractivity contribution in [2.24, 2.45) is 46.8 Å². The number of ether oxygens (including phenoxy) is 1. The third-order valence-electron chi connectivity index (χ3n) is 9.84. The van der Waals surface area contributed by atoms with Gasteiger partial charge in [-0.15, -0.1) is 0 Å². The maximum atomic E-state index is 12.1. The van der Waals surface area contributed by atoms with Gasteiger partial charge in [0.05, 0.1) is 12.2 Å². The quantitative estimate of drug-likeness (QED) is 0.752. The van der Waals surface area contributed by atoms with Gasteiger partial charge in [-0.05, 0) is 80.1 Å². The molecule has 146 valence electrons. The van der Waals surface area contributed by atoms with Crippen LogP contribution < -0.4 is 0 Å². The Kier molecular flexibility index (Phi) is 3.50. The van der Waals surface area contributed by atoms with Crippen molar-refractivity contribution in [1.82, 2.24) is 0 Å². The van der Waals surface area contributed by atoms with Gasteiger partial charge in [0.25, 0.3) is 0 Å². The highest BCUT2D eigenvalue weighted by atomic mass is 16.5. The first-order valence-electron chi connectivity index (χ1n) is 11.3. The molecule has 4 fully saturated rings. The largest absolute Gasteiger partial charge is 0.396 e. The van der Waals surface area contributed by atoms with E-state index in [9.17, 15) is 9.90 Å². The summed E-state index contributed by atoms with van der Waals surface area (Å²) >= 11 is 0. The smallest absolute Gasteiger partial charge is 0.155 e. The van der Waals surface area contributed by atoms with Gasteiger partial charge in [0.15, 0.2) is 5.78 Å². The number of hydrogen-bond acceptors (Lipinski definition) is 3. The molecule has 1 heterocycles. The highest BCUT2D eigenvalue weighted by Gasteiger charge is 2.77. The third-order valence-corrected chi connectivity index (χ3v) is 9.84. The zero-order chi connectivity index (χ0) is 18.4. The van der Waals surface area contributed by atoms with E-state index in [4.69, 9.17) is 4.74 Å². The molecular formula is C24H32O3. The van der Waals surface area contributed by atoms with Crippen LogP contribution in [0.5, 0.6) is 0 Å². The van der Waals surface area contributed by atoms with E-state index in [-0.39, 0.29) is 23.9 Å². The molecule has 0 aromatic heterocycles. The lowest BCUT2D eigenvalue weighted by Crippen LogP contribution is -2.56. The molecule has 5 aliphatic carbocycles. The zero-order valence-corrected chi connectivity index (χ0v) is 16.4. The Balaban J connectivity index is 1.42. The molecule has 1 aliphatic heterocycles. The first-order valence-corrected chi connectivity index (χ1v) is 11.3. The summed E-state index contributed by atoms with van der Waals surface area (Å²) in [6.45, 7) is 3.40. The van der Waals surface area contributed by atoms with Crippen LogP contribution in [0.2, 0.25) is 0 Å². The minimum Gasteiger partial charge on any atom is -0.396 e. The standard InChI is InChI=1S/C24H32O3/c1-2-23-8-6-17-16-5-4-15(26)11-18(16)14(13-25)10-19(17)22(23)20-12-21(20)24(23)7-3-9-27-24/h3,7,11,14,16-17,19-22,25H,2,4-6,8-10,12-13H2,1H3/t14?,16-,17?,19?,20?,21?,22?,23+,24+/m1/s1. The second-order valence-electron chi connectivity index (χ2n) is 10.3. The second-order valence-corrected chi connectivity index (χ2v) is 10.3. The molecule has 6 aliphatic rings. The number of carbonyl (C=O) groups excluding carboxylic acids is 1. The number of ketones is 1. The minimum absolute atomic E-state index is 0.00934. The molecule has 0 saturated heterocycles. The maximum absolute atomic E-state index is 12.1. The second kappa shape index (κ2) is 5.57. The van der Waals surface area contributed by atoms with E-state index in [2.05, 4.69) is 19.1 Å². The molecule has 3 heteroatoms. The van der Waals surface area contributed by atoms with E-state index in [1.54, 1.807) is 0 Å². The van der Waals surface area contributed by atoms with E-state index >= 15 is 0 Å². The molecule has 1 spiro atoms. The Morgan fingerprint density at radius 2 is 2.11 bits per heavy atom. The van der Waals surface area contributed by atoms with Crippen LogP contribution in [0.25, 0.3) is 0 Å². The summed E-state index contributed by atoms with van der Waals surface area (Å²) in [6, 6.07) is 0. The predicted molar refractivity (Wildman–Crippen MR) is 103 cm³/mol. The Morgan fingerprint density at radius 3 is 2.85 bits per heavy atom. The van der Waals surface area contributed by atoms with Crippen molar-refractivity contribution >= 4 is 5.78 Å². The number of carbonyl (C=O) groups is 1. The molecule has 0 amide bonds. The van der Waals surface area contributed by atoms with E-state index in [0.29, 0.717) is 23.7 Å². The number of aliphatic hydroxyl groups excluding tert-OH is 1. The first kappa shape index (κ1) is 17.0. The minimum atomic E-state index is 0.00934. The highest BCUT2D eigenvalue weighted by molar-refractivity contribution is 5.91.